The third-order valence-electron chi connectivity index (χ3n) is 7.49. The Labute approximate surface area is 178 Å². The highest BCUT2D eigenvalue weighted by Gasteiger charge is 2.52. The summed E-state index contributed by atoms with van der Waals surface area (Å²) >= 11 is 0. The molecule has 2 bridgehead atoms. The van der Waals surface area contributed by atoms with Crippen molar-refractivity contribution in [2.24, 2.45) is 0 Å². The Morgan fingerprint density at radius 3 is 2.97 bits per heavy atom. The fourth-order valence-electron chi connectivity index (χ4n) is 6.27. The van der Waals surface area contributed by atoms with Crippen molar-refractivity contribution in [2.45, 2.75) is 44.0 Å². The summed E-state index contributed by atoms with van der Waals surface area (Å²) in [5, 5.41) is 8.49. The topological polar surface area (TPSA) is 82.3 Å². The summed E-state index contributed by atoms with van der Waals surface area (Å²) in [5.41, 5.74) is 4.87. The molecule has 1 saturated heterocycles. The Morgan fingerprint density at radius 2 is 2.16 bits per heavy atom. The fourth-order valence-corrected chi connectivity index (χ4v) is 6.27. The predicted octanol–water partition coefficient (Wildman–Crippen LogP) is 2.60. The Balaban J connectivity index is 1.77. The van der Waals surface area contributed by atoms with Crippen molar-refractivity contribution in [3.63, 3.8) is 0 Å². The lowest BCUT2D eigenvalue weighted by Gasteiger charge is -2.48. The van der Waals surface area contributed by atoms with E-state index in [4.69, 9.17) is 14.5 Å². The fraction of sp³-hybridized carbons (Fsp3) is 0.391. The van der Waals surface area contributed by atoms with Gasteiger partial charge in [-0.3, -0.25) is 4.79 Å². The van der Waals surface area contributed by atoms with E-state index in [1.54, 1.807) is 7.11 Å². The smallest absolute Gasteiger partial charge is 0.252 e. The maximum atomic E-state index is 13.0. The average molecular weight is 417 g/mol. The number of likely N-dealkylation sites (N-methyl/N-ethyl adjacent to an activating group) is 1. The van der Waals surface area contributed by atoms with E-state index < -0.39 is 5.72 Å². The first-order chi connectivity index (χ1) is 15.1. The van der Waals surface area contributed by atoms with Gasteiger partial charge in [-0.2, -0.15) is 0 Å². The molecule has 8 heteroatoms. The summed E-state index contributed by atoms with van der Waals surface area (Å²) in [6.07, 6.45) is 2.21. The van der Waals surface area contributed by atoms with Gasteiger partial charge in [0, 0.05) is 42.5 Å². The zero-order valence-electron chi connectivity index (χ0n) is 17.6. The molecule has 1 fully saturated rings. The third kappa shape index (κ3) is 1.88. The Hall–Kier alpha value is -2.94. The molecule has 0 spiro atoms. The van der Waals surface area contributed by atoms with E-state index in [1.807, 2.05) is 25.5 Å². The minimum Gasteiger partial charge on any atom is -0.375 e. The van der Waals surface area contributed by atoms with Crippen LogP contribution >= 0.6 is 0 Å². The van der Waals surface area contributed by atoms with Crippen LogP contribution in [0.3, 0.4) is 0 Å². The van der Waals surface area contributed by atoms with Gasteiger partial charge in [-0.1, -0.05) is 18.2 Å². The number of carbonyl (C=O) groups is 1. The molecule has 0 unspecified atom stereocenters. The summed E-state index contributed by atoms with van der Waals surface area (Å²) in [7, 11) is 3.71. The molecule has 0 saturated carbocycles. The number of hydrogen-bond acceptors (Lipinski definition) is 5. The van der Waals surface area contributed by atoms with Crippen LogP contribution in [-0.4, -0.2) is 46.3 Å². The number of nitrogens with one attached hydrogen (secondary N) is 2. The van der Waals surface area contributed by atoms with Gasteiger partial charge in [0.05, 0.1) is 34.0 Å². The highest BCUT2D eigenvalue weighted by Crippen LogP contribution is 2.50. The van der Waals surface area contributed by atoms with E-state index >= 15 is 0 Å². The van der Waals surface area contributed by atoms with Crippen molar-refractivity contribution >= 4 is 38.7 Å². The van der Waals surface area contributed by atoms with Gasteiger partial charge in [-0.15, -0.1) is 0 Å². The average Bonchev–Trinajstić information content (AvgIpc) is 3.44. The molecule has 158 valence electrons. The van der Waals surface area contributed by atoms with Crippen molar-refractivity contribution in [2.75, 3.05) is 14.2 Å². The monoisotopic (exact) mass is 417 g/mol. The van der Waals surface area contributed by atoms with Gasteiger partial charge in [-0.05, 0) is 20.0 Å². The number of rotatable bonds is 2. The van der Waals surface area contributed by atoms with Crippen LogP contribution in [0.1, 0.15) is 35.5 Å². The molecule has 31 heavy (non-hydrogen) atoms. The first-order valence-corrected chi connectivity index (χ1v) is 10.7. The molecule has 3 aliphatic rings. The number of carbonyl (C=O) groups excluding carboxylic acids is 1. The number of fused-ring (bicyclic) bond motifs is 10. The van der Waals surface area contributed by atoms with Gasteiger partial charge in [-0.25, -0.2) is 4.98 Å². The second kappa shape index (κ2) is 5.64. The number of amides is 1. The standard InChI is InChI=1S/C23H23N5O3/c1-23-21(30-3)13(24-2)8-15(31-23)27-10-26-18-12-9-25-22(29)17(12)16-11-6-4-5-7-14(11)28(23)19(16)20(18)27/h4-7,10,13,15,21,24H,8-9H2,1-3H3,(H,25,29)/t13-,15-,21-,23+/m1/s1. The summed E-state index contributed by atoms with van der Waals surface area (Å²) in [5.74, 6) is -0.0379. The van der Waals surface area contributed by atoms with Crippen molar-refractivity contribution in [3.05, 3.63) is 41.7 Å². The maximum absolute atomic E-state index is 13.0. The van der Waals surface area contributed by atoms with E-state index in [0.29, 0.717) is 6.54 Å². The van der Waals surface area contributed by atoms with E-state index in [2.05, 4.69) is 38.8 Å². The number of nitrogens with zero attached hydrogens (tertiary/aromatic N) is 3. The lowest BCUT2D eigenvalue weighted by Crippen LogP contribution is -2.59. The largest absolute Gasteiger partial charge is 0.375 e. The summed E-state index contributed by atoms with van der Waals surface area (Å²) in [6.45, 7) is 2.60. The van der Waals surface area contributed by atoms with Crippen LogP contribution in [0.4, 0.5) is 0 Å². The van der Waals surface area contributed by atoms with Crippen LogP contribution in [0, 0.1) is 0 Å². The first kappa shape index (κ1) is 17.7. The van der Waals surface area contributed by atoms with Gasteiger partial charge in [0.1, 0.15) is 12.3 Å². The van der Waals surface area contributed by atoms with E-state index in [-0.39, 0.29) is 24.3 Å². The van der Waals surface area contributed by atoms with Crippen LogP contribution in [0.2, 0.25) is 0 Å². The Kier molecular flexibility index (Phi) is 3.22. The molecule has 4 atom stereocenters. The third-order valence-corrected chi connectivity index (χ3v) is 7.49. The minimum atomic E-state index is -0.776. The molecule has 7 rings (SSSR count). The second-order valence-corrected chi connectivity index (χ2v) is 8.88. The van der Waals surface area contributed by atoms with E-state index in [9.17, 15) is 4.79 Å². The maximum Gasteiger partial charge on any atom is 0.252 e. The first-order valence-electron chi connectivity index (χ1n) is 10.7. The lowest BCUT2D eigenvalue weighted by atomic mass is 9.93. The molecule has 0 aliphatic carbocycles. The molecule has 2 aromatic carbocycles. The molecule has 3 aliphatic heterocycles. The highest BCUT2D eigenvalue weighted by atomic mass is 16.6. The van der Waals surface area contributed by atoms with Crippen LogP contribution in [-0.2, 0) is 21.7 Å². The van der Waals surface area contributed by atoms with Crippen molar-refractivity contribution in [3.8, 4) is 0 Å². The lowest BCUT2D eigenvalue weighted by molar-refractivity contribution is -0.257. The zero-order valence-corrected chi connectivity index (χ0v) is 17.6. The number of para-hydroxylation sites is 1. The van der Waals surface area contributed by atoms with Crippen LogP contribution in [0.25, 0.3) is 32.8 Å². The minimum absolute atomic E-state index is 0.0379. The van der Waals surface area contributed by atoms with E-state index in [1.165, 1.54) is 0 Å². The van der Waals surface area contributed by atoms with Crippen molar-refractivity contribution < 1.29 is 14.3 Å². The number of ether oxygens (including phenoxy) is 2. The Morgan fingerprint density at radius 1 is 1.32 bits per heavy atom. The number of imidazole rings is 1. The zero-order chi connectivity index (χ0) is 21.1. The van der Waals surface area contributed by atoms with Gasteiger partial charge in [0.25, 0.3) is 5.91 Å². The molecule has 2 N–H and O–H groups in total. The van der Waals surface area contributed by atoms with Crippen molar-refractivity contribution in [1.29, 1.82) is 0 Å². The van der Waals surface area contributed by atoms with Crippen LogP contribution < -0.4 is 10.6 Å². The quantitative estimate of drug-likeness (QED) is 0.524. The van der Waals surface area contributed by atoms with Gasteiger partial charge >= 0.3 is 0 Å². The SMILES string of the molecule is CN[C@@H]1C[C@H]2O[C@@](C)([C@@H]1OC)n1c3ccccc3c3c4c(c5ncn2c5c31)CNC4=O. The molecular formula is C23H23N5O3. The van der Waals surface area contributed by atoms with E-state index in [0.717, 1.165) is 50.4 Å². The number of aromatic nitrogens is 3. The molecular weight excluding hydrogens is 394 g/mol. The molecule has 0 radical (unpaired) electrons. The van der Waals surface area contributed by atoms with Gasteiger partial charge < -0.3 is 29.2 Å². The molecule has 2 aromatic heterocycles. The second-order valence-electron chi connectivity index (χ2n) is 8.88. The van der Waals surface area contributed by atoms with Gasteiger partial charge in [0.2, 0.25) is 0 Å². The number of benzene rings is 2. The Bertz CT molecular complexity index is 1440. The number of methoxy groups -OCH3 is 1. The van der Waals surface area contributed by atoms with Gasteiger partial charge in [0.15, 0.2) is 5.72 Å². The molecule has 8 nitrogen and oxygen atoms in total. The highest BCUT2D eigenvalue weighted by molar-refractivity contribution is 6.26. The summed E-state index contributed by atoms with van der Waals surface area (Å²) in [4.78, 5) is 17.8. The number of hydrogen-bond donors (Lipinski definition) is 2. The van der Waals surface area contributed by atoms with Crippen LogP contribution in [0.15, 0.2) is 30.6 Å². The molecule has 4 aromatic rings. The van der Waals surface area contributed by atoms with Crippen molar-refractivity contribution in [1.82, 2.24) is 24.8 Å². The molecule has 1 amide bonds. The normalized spacial score (nSPS) is 29.1. The molecule has 5 heterocycles. The summed E-state index contributed by atoms with van der Waals surface area (Å²) in [6, 6.07) is 8.34. The summed E-state index contributed by atoms with van der Waals surface area (Å²) < 4.78 is 17.3. The van der Waals surface area contributed by atoms with Crippen LogP contribution in [0.5, 0.6) is 0 Å². The predicted molar refractivity (Wildman–Crippen MR) is 116 cm³/mol.